The molecule has 6 rings (SSSR count). The number of ether oxygens (including phenoxy) is 2. The molecule has 6 nitrogen and oxygen atoms in total. The molecule has 0 fully saturated rings. The van der Waals surface area contributed by atoms with E-state index < -0.39 is 35.0 Å². The van der Waals surface area contributed by atoms with Gasteiger partial charge in [0.1, 0.15) is 12.4 Å². The average Bonchev–Trinajstić information content (AvgIpc) is 3.34. The molecule has 0 saturated carbocycles. The van der Waals surface area contributed by atoms with Crippen molar-refractivity contribution in [3.63, 3.8) is 0 Å². The van der Waals surface area contributed by atoms with Crippen molar-refractivity contribution in [1.82, 2.24) is 4.57 Å². The number of allylic oxidation sites excluding steroid dienone is 1. The van der Waals surface area contributed by atoms with Gasteiger partial charge in [-0.1, -0.05) is 95.7 Å². The van der Waals surface area contributed by atoms with Crippen molar-refractivity contribution in [2.75, 3.05) is 6.61 Å². The van der Waals surface area contributed by atoms with E-state index in [4.69, 9.17) is 21.1 Å². The van der Waals surface area contributed by atoms with Crippen LogP contribution in [-0.2, 0) is 16.1 Å². The first-order valence-corrected chi connectivity index (χ1v) is 15.1. The second-order valence-electron chi connectivity index (χ2n) is 10.1. The van der Waals surface area contributed by atoms with Gasteiger partial charge in [0, 0.05) is 10.6 Å². The molecule has 0 bridgehead atoms. The van der Waals surface area contributed by atoms with Crippen LogP contribution in [0.2, 0.25) is 5.02 Å². The minimum atomic E-state index is -5.00. The van der Waals surface area contributed by atoms with E-state index in [9.17, 15) is 22.8 Å². The van der Waals surface area contributed by atoms with Crippen molar-refractivity contribution < 1.29 is 27.4 Å². The summed E-state index contributed by atoms with van der Waals surface area (Å²) in [7, 11) is 0. The van der Waals surface area contributed by atoms with E-state index in [1.165, 1.54) is 31.2 Å². The van der Waals surface area contributed by atoms with Gasteiger partial charge in [-0.15, -0.1) is 0 Å². The van der Waals surface area contributed by atoms with E-state index in [-0.39, 0.29) is 28.1 Å². The Morgan fingerprint density at radius 1 is 1.00 bits per heavy atom. The van der Waals surface area contributed by atoms with Crippen molar-refractivity contribution in [3.8, 4) is 5.75 Å². The monoisotopic (exact) mass is 648 g/mol. The highest BCUT2D eigenvalue weighted by Gasteiger charge is 2.45. The normalized spacial score (nSPS) is 15.1. The Balaban J connectivity index is 1.47. The lowest BCUT2D eigenvalue weighted by Crippen LogP contribution is -2.41. The fourth-order valence-electron chi connectivity index (χ4n) is 5.25. The Bertz CT molecular complexity index is 2130. The molecule has 0 saturated heterocycles. The van der Waals surface area contributed by atoms with Gasteiger partial charge < -0.3 is 9.47 Å². The molecule has 0 unspecified atom stereocenters. The molecule has 45 heavy (non-hydrogen) atoms. The van der Waals surface area contributed by atoms with Gasteiger partial charge in [0.15, 0.2) is 10.5 Å². The van der Waals surface area contributed by atoms with Crippen LogP contribution < -0.4 is 19.6 Å². The van der Waals surface area contributed by atoms with Crippen LogP contribution in [0.4, 0.5) is 13.2 Å². The number of thiazole rings is 1. The molecule has 1 atom stereocenters. The van der Waals surface area contributed by atoms with Gasteiger partial charge in [0.05, 0.1) is 22.8 Å². The third-order valence-corrected chi connectivity index (χ3v) is 8.48. The number of para-hydroxylation sites is 1. The molecule has 0 amide bonds. The molecule has 0 spiro atoms. The first-order valence-electron chi connectivity index (χ1n) is 13.9. The van der Waals surface area contributed by atoms with Gasteiger partial charge in [-0.2, -0.15) is 13.2 Å². The van der Waals surface area contributed by atoms with Crippen LogP contribution in [0.25, 0.3) is 16.8 Å². The number of benzene rings is 4. The van der Waals surface area contributed by atoms with Crippen molar-refractivity contribution >= 4 is 45.8 Å². The van der Waals surface area contributed by atoms with E-state index in [0.717, 1.165) is 32.2 Å². The van der Waals surface area contributed by atoms with Gasteiger partial charge in [0.25, 0.3) is 5.56 Å². The molecular formula is C34H24ClF3N2O4S. The first kappa shape index (κ1) is 30.4. The maximum Gasteiger partial charge on any atom is 0.434 e. The summed E-state index contributed by atoms with van der Waals surface area (Å²) in [5, 5.41) is 2.46. The van der Waals surface area contributed by atoms with Crippen LogP contribution in [0.1, 0.15) is 29.7 Å². The summed E-state index contributed by atoms with van der Waals surface area (Å²) in [4.78, 5) is 30.6. The van der Waals surface area contributed by atoms with E-state index in [1.807, 2.05) is 42.5 Å². The summed E-state index contributed by atoms with van der Waals surface area (Å²) >= 11 is 6.84. The molecular weight excluding hydrogens is 625 g/mol. The summed E-state index contributed by atoms with van der Waals surface area (Å²) < 4.78 is 55.6. The fourth-order valence-corrected chi connectivity index (χ4v) is 6.37. The average molecular weight is 649 g/mol. The van der Waals surface area contributed by atoms with Crippen LogP contribution in [0, 0.1) is 0 Å². The number of carbonyl (C=O) groups excluding carboxylic acids is 1. The Hall–Kier alpha value is -4.67. The minimum absolute atomic E-state index is 0.112. The van der Waals surface area contributed by atoms with E-state index >= 15 is 0 Å². The summed E-state index contributed by atoms with van der Waals surface area (Å²) in [5.74, 6) is -0.733. The molecule has 0 N–H and O–H groups in total. The van der Waals surface area contributed by atoms with Gasteiger partial charge in [-0.3, -0.25) is 9.36 Å². The Morgan fingerprint density at radius 2 is 1.71 bits per heavy atom. The number of aromatic nitrogens is 1. The Morgan fingerprint density at radius 3 is 2.47 bits per heavy atom. The van der Waals surface area contributed by atoms with Crippen molar-refractivity contribution in [3.05, 3.63) is 144 Å². The maximum atomic E-state index is 14.4. The van der Waals surface area contributed by atoms with E-state index in [1.54, 1.807) is 30.3 Å². The van der Waals surface area contributed by atoms with Gasteiger partial charge in [-0.25, -0.2) is 9.79 Å². The van der Waals surface area contributed by atoms with Crippen LogP contribution in [0.15, 0.2) is 112 Å². The standard InChI is InChI=1S/C34H24ClF3N2O4S/c1-2-43-32(42)28-29(21-14-16-24(35)17-15-21)40-31(41)27(45-33(40)39-30(28)34(36,37)38)18-22-9-4-6-13-26(22)44-19-23-11-7-10-20-8-3-5-12-25(20)23/h3-18,29H,2,19H2,1H3/b27-18+/t29-/m1/s1. The van der Waals surface area contributed by atoms with Crippen LogP contribution in [0.3, 0.4) is 0 Å². The van der Waals surface area contributed by atoms with Crippen LogP contribution >= 0.6 is 22.9 Å². The zero-order valence-corrected chi connectivity index (χ0v) is 25.2. The van der Waals surface area contributed by atoms with Crippen molar-refractivity contribution in [1.29, 1.82) is 0 Å². The lowest BCUT2D eigenvalue weighted by molar-refractivity contribution is -0.140. The third-order valence-electron chi connectivity index (χ3n) is 7.25. The Labute approximate surface area is 263 Å². The highest BCUT2D eigenvalue weighted by molar-refractivity contribution is 7.07. The van der Waals surface area contributed by atoms with Crippen molar-refractivity contribution in [2.45, 2.75) is 25.7 Å². The van der Waals surface area contributed by atoms with E-state index in [0.29, 0.717) is 16.3 Å². The summed E-state index contributed by atoms with van der Waals surface area (Å²) in [5.41, 5.74) is -1.05. The number of esters is 1. The lowest BCUT2D eigenvalue weighted by Gasteiger charge is -2.26. The molecule has 1 aliphatic rings. The summed E-state index contributed by atoms with van der Waals surface area (Å²) in [6.45, 7) is 1.57. The number of fused-ring (bicyclic) bond motifs is 2. The fraction of sp³-hybridized carbons (Fsp3) is 0.147. The molecule has 0 aliphatic carbocycles. The maximum absolute atomic E-state index is 14.4. The first-order chi connectivity index (χ1) is 21.7. The molecule has 11 heteroatoms. The molecule has 228 valence electrons. The topological polar surface area (TPSA) is 69.9 Å². The zero-order chi connectivity index (χ0) is 31.7. The highest BCUT2D eigenvalue weighted by Crippen LogP contribution is 2.38. The molecule has 4 aromatic carbocycles. The highest BCUT2D eigenvalue weighted by atomic mass is 35.5. The number of hydrogen-bond acceptors (Lipinski definition) is 6. The molecule has 0 radical (unpaired) electrons. The van der Waals surface area contributed by atoms with E-state index in [2.05, 4.69) is 4.99 Å². The SMILES string of the molecule is CCOC(=O)C1=C(C(F)(F)F)N=c2s/c(=C/c3ccccc3OCc3cccc4ccccc34)c(=O)n2[C@@H]1c1ccc(Cl)cc1. The predicted molar refractivity (Wildman–Crippen MR) is 167 cm³/mol. The second-order valence-corrected chi connectivity index (χ2v) is 11.5. The predicted octanol–water partition coefficient (Wildman–Crippen LogP) is 6.73. The number of nitrogens with zero attached hydrogens (tertiary/aromatic N) is 2. The van der Waals surface area contributed by atoms with Gasteiger partial charge >= 0.3 is 12.1 Å². The third kappa shape index (κ3) is 6.03. The van der Waals surface area contributed by atoms with Gasteiger partial charge in [-0.05, 0) is 53.1 Å². The smallest absolute Gasteiger partial charge is 0.434 e. The second kappa shape index (κ2) is 12.4. The molecule has 2 heterocycles. The molecule has 5 aromatic rings. The number of alkyl halides is 3. The lowest BCUT2D eigenvalue weighted by atomic mass is 9.95. The summed E-state index contributed by atoms with van der Waals surface area (Å²) in [6, 6.07) is 25.4. The van der Waals surface area contributed by atoms with Crippen molar-refractivity contribution in [2.24, 2.45) is 4.99 Å². The number of halogens is 4. The quantitative estimate of drug-likeness (QED) is 0.184. The zero-order valence-electron chi connectivity index (χ0n) is 23.7. The van der Waals surface area contributed by atoms with Crippen LogP contribution in [0.5, 0.6) is 5.75 Å². The molecule has 1 aliphatic heterocycles. The summed E-state index contributed by atoms with van der Waals surface area (Å²) in [6.07, 6.45) is -3.44. The Kier molecular flexibility index (Phi) is 8.35. The number of rotatable bonds is 7. The molecule has 1 aromatic heterocycles. The van der Waals surface area contributed by atoms with Crippen LogP contribution in [-0.4, -0.2) is 23.3 Å². The van der Waals surface area contributed by atoms with Gasteiger partial charge in [0.2, 0.25) is 0 Å². The number of carbonyl (C=O) groups is 1. The number of hydrogen-bond donors (Lipinski definition) is 0. The largest absolute Gasteiger partial charge is 0.488 e. The minimum Gasteiger partial charge on any atom is -0.488 e.